The molecule has 2 fully saturated rings. The summed E-state index contributed by atoms with van der Waals surface area (Å²) in [6.07, 6.45) is 0.102. The van der Waals surface area contributed by atoms with Gasteiger partial charge in [0.05, 0.1) is 21.9 Å². The molecule has 6 rings (SSSR count). The van der Waals surface area contributed by atoms with E-state index in [1.165, 1.54) is 8.61 Å². The number of aryl methyl sites for hydroxylation is 2. The molecule has 0 bridgehead atoms. The fraction of sp³-hybridized carbons (Fsp3) is 0.265. The van der Waals surface area contributed by atoms with Gasteiger partial charge in [-0.15, -0.1) is 0 Å². The molecule has 4 atom stereocenters. The molecular weight excluding hydrogens is 581 g/mol. The molecule has 4 aromatic carbocycles. The third kappa shape index (κ3) is 5.47. The highest BCUT2D eigenvalue weighted by atomic mass is 32.2. The van der Waals surface area contributed by atoms with Gasteiger partial charge in [-0.3, -0.25) is 4.79 Å². The Morgan fingerprint density at radius 3 is 1.58 bits per heavy atom. The van der Waals surface area contributed by atoms with Crippen molar-refractivity contribution in [3.8, 4) is 0 Å². The summed E-state index contributed by atoms with van der Waals surface area (Å²) in [5, 5.41) is 0. The second kappa shape index (κ2) is 11.5. The lowest BCUT2D eigenvalue weighted by molar-refractivity contribution is -0.132. The highest BCUT2D eigenvalue weighted by molar-refractivity contribution is 7.89. The van der Waals surface area contributed by atoms with Crippen molar-refractivity contribution in [2.75, 3.05) is 6.54 Å². The Bertz CT molecular complexity index is 1830. The van der Waals surface area contributed by atoms with Crippen LogP contribution in [0.2, 0.25) is 0 Å². The molecule has 0 N–H and O–H groups in total. The fourth-order valence-electron chi connectivity index (χ4n) is 6.42. The van der Waals surface area contributed by atoms with Crippen molar-refractivity contribution in [2.45, 2.75) is 54.6 Å². The van der Waals surface area contributed by atoms with Crippen LogP contribution in [0.25, 0.3) is 0 Å². The van der Waals surface area contributed by atoms with Crippen molar-refractivity contribution in [3.63, 3.8) is 0 Å². The molecule has 9 heteroatoms. The van der Waals surface area contributed by atoms with Gasteiger partial charge < -0.3 is 0 Å². The molecule has 0 saturated carbocycles. The Hall–Kier alpha value is -3.63. The molecule has 0 radical (unpaired) electrons. The number of nitrogens with zero attached hydrogens (tertiary/aromatic N) is 2. The van der Waals surface area contributed by atoms with Crippen LogP contribution in [0, 0.1) is 19.8 Å². The molecule has 2 heterocycles. The van der Waals surface area contributed by atoms with Gasteiger partial charge in [0.1, 0.15) is 5.78 Å². The largest absolute Gasteiger partial charge is 0.299 e. The van der Waals surface area contributed by atoms with Crippen LogP contribution in [0.3, 0.4) is 0 Å². The molecule has 43 heavy (non-hydrogen) atoms. The number of Topliss-reactive ketones (excluding diaryl/α,β-unsaturated/α-hetero) is 1. The second-order valence-electron chi connectivity index (χ2n) is 11.5. The molecule has 7 nitrogen and oxygen atoms in total. The number of rotatable bonds is 6. The SMILES string of the molecule is Cc1ccc(S(=O)(=O)N2C[C@H]3C(=O)CC(c4ccccc4)N(S(=O)(=O)c4ccc(C)cc4)C3CC2c2ccccc2)cc1. The highest BCUT2D eigenvalue weighted by Crippen LogP contribution is 2.48. The van der Waals surface area contributed by atoms with Gasteiger partial charge in [-0.1, -0.05) is 96.1 Å². The van der Waals surface area contributed by atoms with E-state index in [1.807, 2.05) is 74.5 Å². The average Bonchev–Trinajstić information content (AvgIpc) is 3.01. The Labute approximate surface area is 253 Å². The normalized spacial score (nSPS) is 23.5. The Kier molecular flexibility index (Phi) is 7.85. The molecule has 4 aromatic rings. The average molecular weight is 615 g/mol. The van der Waals surface area contributed by atoms with Crippen molar-refractivity contribution in [3.05, 3.63) is 131 Å². The van der Waals surface area contributed by atoms with Gasteiger partial charge in [0.15, 0.2) is 0 Å². The van der Waals surface area contributed by atoms with Gasteiger partial charge in [-0.05, 0) is 55.7 Å². The van der Waals surface area contributed by atoms with Crippen molar-refractivity contribution in [2.24, 2.45) is 5.92 Å². The molecule has 0 aliphatic carbocycles. The van der Waals surface area contributed by atoms with Crippen molar-refractivity contribution in [1.82, 2.24) is 8.61 Å². The maximum atomic E-state index is 14.5. The zero-order valence-electron chi connectivity index (χ0n) is 24.1. The minimum Gasteiger partial charge on any atom is -0.299 e. The van der Waals surface area contributed by atoms with Crippen LogP contribution >= 0.6 is 0 Å². The zero-order chi connectivity index (χ0) is 30.4. The number of hydrogen-bond donors (Lipinski definition) is 0. The first kappa shape index (κ1) is 29.4. The van der Waals surface area contributed by atoms with E-state index in [-0.39, 0.29) is 35.0 Å². The monoisotopic (exact) mass is 614 g/mol. The number of carbonyl (C=O) groups is 1. The summed E-state index contributed by atoms with van der Waals surface area (Å²) in [5.74, 6) is -0.954. The first-order valence-corrected chi connectivity index (χ1v) is 17.3. The fourth-order valence-corrected chi connectivity index (χ4v) is 9.92. The summed E-state index contributed by atoms with van der Waals surface area (Å²) >= 11 is 0. The molecule has 2 saturated heterocycles. The van der Waals surface area contributed by atoms with Crippen LogP contribution < -0.4 is 0 Å². The quantitative estimate of drug-likeness (QED) is 0.273. The van der Waals surface area contributed by atoms with Crippen LogP contribution in [0.1, 0.15) is 47.2 Å². The van der Waals surface area contributed by atoms with Crippen LogP contribution in [0.15, 0.2) is 119 Å². The number of sulfonamides is 2. The number of fused-ring (bicyclic) bond motifs is 1. The van der Waals surface area contributed by atoms with Gasteiger partial charge in [-0.2, -0.15) is 8.61 Å². The summed E-state index contributed by atoms with van der Waals surface area (Å²) in [6, 6.07) is 29.8. The number of benzene rings is 4. The molecule has 0 spiro atoms. The first-order valence-electron chi connectivity index (χ1n) is 14.4. The van der Waals surface area contributed by atoms with E-state index < -0.39 is 44.1 Å². The summed E-state index contributed by atoms with van der Waals surface area (Å²) in [5.41, 5.74) is 3.35. The molecule has 222 valence electrons. The van der Waals surface area contributed by atoms with Gasteiger partial charge in [0.2, 0.25) is 20.0 Å². The molecule has 0 amide bonds. The summed E-state index contributed by atoms with van der Waals surface area (Å²) < 4.78 is 60.2. The Morgan fingerprint density at radius 1 is 0.605 bits per heavy atom. The van der Waals surface area contributed by atoms with Crippen LogP contribution in [0.5, 0.6) is 0 Å². The van der Waals surface area contributed by atoms with E-state index in [1.54, 1.807) is 48.5 Å². The third-order valence-electron chi connectivity index (χ3n) is 8.69. The van der Waals surface area contributed by atoms with Crippen molar-refractivity contribution < 1.29 is 21.6 Å². The standard InChI is InChI=1S/C34H34N2O5S2/c1-24-13-17-28(18-14-24)42(38,39)35-23-30-33(21-31(35)26-9-5-3-6-10-26)36(43(40,41)29-19-15-25(2)16-20-29)32(22-34(30)37)27-11-7-4-8-12-27/h3-20,30-33H,21-23H2,1-2H3/t30-,31?,32?,33?/m1/s1. The predicted octanol–water partition coefficient (Wildman–Crippen LogP) is 5.83. The lowest BCUT2D eigenvalue weighted by atomic mass is 9.77. The summed E-state index contributed by atoms with van der Waals surface area (Å²) in [4.78, 5) is 14.2. The van der Waals surface area contributed by atoms with E-state index in [4.69, 9.17) is 0 Å². The van der Waals surface area contributed by atoms with Gasteiger partial charge in [0.25, 0.3) is 0 Å². The molecular formula is C34H34N2O5S2. The maximum absolute atomic E-state index is 14.5. The van der Waals surface area contributed by atoms with Gasteiger partial charge >= 0.3 is 0 Å². The summed E-state index contributed by atoms with van der Waals surface area (Å²) in [6.45, 7) is 3.68. The smallest absolute Gasteiger partial charge is 0.243 e. The van der Waals surface area contributed by atoms with Crippen LogP contribution in [-0.2, 0) is 24.8 Å². The number of carbonyl (C=O) groups excluding carboxylic acids is 1. The predicted molar refractivity (Wildman–Crippen MR) is 165 cm³/mol. The van der Waals surface area contributed by atoms with Gasteiger partial charge in [0, 0.05) is 24.9 Å². The van der Waals surface area contributed by atoms with Crippen molar-refractivity contribution in [1.29, 1.82) is 0 Å². The minimum atomic E-state index is -4.07. The van der Waals surface area contributed by atoms with E-state index in [9.17, 15) is 21.6 Å². The molecule has 2 aliphatic heterocycles. The van der Waals surface area contributed by atoms with Crippen LogP contribution in [-0.4, -0.2) is 43.8 Å². The Balaban J connectivity index is 1.50. The lowest BCUT2D eigenvalue weighted by Gasteiger charge is -2.51. The minimum absolute atomic E-state index is 0.0370. The molecule has 3 unspecified atom stereocenters. The maximum Gasteiger partial charge on any atom is 0.243 e. The Morgan fingerprint density at radius 2 is 1.07 bits per heavy atom. The topological polar surface area (TPSA) is 91.8 Å². The molecule has 2 aliphatic rings. The summed E-state index contributed by atoms with van der Waals surface area (Å²) in [7, 11) is -8.08. The highest BCUT2D eigenvalue weighted by Gasteiger charge is 2.54. The van der Waals surface area contributed by atoms with E-state index in [0.717, 1.165) is 22.3 Å². The second-order valence-corrected chi connectivity index (χ2v) is 15.2. The van der Waals surface area contributed by atoms with Gasteiger partial charge in [-0.25, -0.2) is 16.8 Å². The van der Waals surface area contributed by atoms with E-state index >= 15 is 0 Å². The zero-order valence-corrected chi connectivity index (χ0v) is 25.7. The lowest BCUT2D eigenvalue weighted by Crippen LogP contribution is -2.60. The van der Waals surface area contributed by atoms with Crippen LogP contribution in [0.4, 0.5) is 0 Å². The first-order chi connectivity index (χ1) is 20.6. The van der Waals surface area contributed by atoms with Crippen molar-refractivity contribution >= 4 is 25.8 Å². The third-order valence-corrected chi connectivity index (χ3v) is 12.5. The number of ketones is 1. The van der Waals surface area contributed by atoms with E-state index in [0.29, 0.717) is 0 Å². The van der Waals surface area contributed by atoms with E-state index in [2.05, 4.69) is 0 Å². The number of piperidine rings is 2. The number of hydrogen-bond acceptors (Lipinski definition) is 5. The molecule has 0 aromatic heterocycles.